The number of aromatic nitrogens is 3. The highest BCUT2D eigenvalue weighted by Crippen LogP contribution is 2.14. The highest BCUT2D eigenvalue weighted by molar-refractivity contribution is 5.30. The Morgan fingerprint density at radius 2 is 1.94 bits per heavy atom. The lowest BCUT2D eigenvalue weighted by molar-refractivity contribution is 0.821. The molecule has 5 nitrogen and oxygen atoms in total. The van der Waals surface area contributed by atoms with E-state index in [1.807, 2.05) is 37.3 Å². The van der Waals surface area contributed by atoms with Crippen LogP contribution in [0.1, 0.15) is 24.2 Å². The van der Waals surface area contributed by atoms with E-state index in [4.69, 9.17) is 0 Å². The molecule has 0 saturated heterocycles. The van der Waals surface area contributed by atoms with Crippen LogP contribution in [0.4, 0.5) is 5.95 Å². The molecule has 0 amide bonds. The molecule has 2 rings (SSSR count). The maximum absolute atomic E-state index is 11.4. The normalized spacial score (nSPS) is 12.1. The number of hydrogen-bond donors (Lipinski definition) is 2. The smallest absolute Gasteiger partial charge is 0.273 e. The van der Waals surface area contributed by atoms with Crippen LogP contribution in [0.15, 0.2) is 35.1 Å². The first-order chi connectivity index (χ1) is 8.16. The van der Waals surface area contributed by atoms with E-state index < -0.39 is 0 Å². The van der Waals surface area contributed by atoms with Gasteiger partial charge in [0.15, 0.2) is 0 Å². The Morgan fingerprint density at radius 3 is 2.59 bits per heavy atom. The fourth-order valence-corrected chi connectivity index (χ4v) is 1.49. The Kier molecular flexibility index (Phi) is 3.18. The van der Waals surface area contributed by atoms with E-state index in [1.165, 1.54) is 0 Å². The van der Waals surface area contributed by atoms with Crippen molar-refractivity contribution in [3.8, 4) is 0 Å². The molecule has 0 fully saturated rings. The van der Waals surface area contributed by atoms with Crippen LogP contribution in [-0.2, 0) is 0 Å². The second-order valence-electron chi connectivity index (χ2n) is 3.86. The predicted molar refractivity (Wildman–Crippen MR) is 65.9 cm³/mol. The zero-order valence-electron chi connectivity index (χ0n) is 9.77. The van der Waals surface area contributed by atoms with Gasteiger partial charge in [0.25, 0.3) is 5.56 Å². The van der Waals surface area contributed by atoms with E-state index in [-0.39, 0.29) is 11.6 Å². The van der Waals surface area contributed by atoms with E-state index in [0.29, 0.717) is 11.6 Å². The molecule has 0 aliphatic heterocycles. The summed E-state index contributed by atoms with van der Waals surface area (Å²) >= 11 is 0. The topological polar surface area (TPSA) is 70.7 Å². The lowest BCUT2D eigenvalue weighted by atomic mass is 10.1. The maximum atomic E-state index is 11.4. The van der Waals surface area contributed by atoms with E-state index in [0.717, 1.165) is 5.56 Å². The van der Waals surface area contributed by atoms with Crippen LogP contribution in [0.2, 0.25) is 0 Å². The highest BCUT2D eigenvalue weighted by Gasteiger charge is 2.06. The molecule has 0 aliphatic rings. The summed E-state index contributed by atoms with van der Waals surface area (Å²) in [6.07, 6.45) is 0. The predicted octanol–water partition coefficient (Wildman–Crippen LogP) is 1.65. The van der Waals surface area contributed by atoms with Gasteiger partial charge < -0.3 is 5.32 Å². The van der Waals surface area contributed by atoms with Gasteiger partial charge in [-0.15, -0.1) is 10.2 Å². The number of aryl methyl sites for hydroxylation is 1. The largest absolute Gasteiger partial charge is 0.348 e. The van der Waals surface area contributed by atoms with Crippen molar-refractivity contribution in [1.82, 2.24) is 15.2 Å². The average molecular weight is 230 g/mol. The summed E-state index contributed by atoms with van der Waals surface area (Å²) in [7, 11) is 0. The molecule has 0 aliphatic carbocycles. The lowest BCUT2D eigenvalue weighted by Gasteiger charge is -2.13. The number of nitrogens with one attached hydrogen (secondary N) is 2. The minimum atomic E-state index is -0.220. The van der Waals surface area contributed by atoms with Crippen molar-refractivity contribution >= 4 is 5.95 Å². The Morgan fingerprint density at radius 1 is 1.24 bits per heavy atom. The molecular weight excluding hydrogens is 216 g/mol. The fraction of sp³-hybridized carbons (Fsp3) is 0.250. The van der Waals surface area contributed by atoms with Crippen LogP contribution in [0.5, 0.6) is 0 Å². The minimum absolute atomic E-state index is 0.0591. The third kappa shape index (κ3) is 2.69. The summed E-state index contributed by atoms with van der Waals surface area (Å²) in [5.41, 5.74) is 1.27. The Hall–Kier alpha value is -2.17. The number of rotatable bonds is 3. The van der Waals surface area contributed by atoms with Crippen LogP contribution >= 0.6 is 0 Å². The van der Waals surface area contributed by atoms with Gasteiger partial charge in [-0.05, 0) is 19.4 Å². The molecule has 0 bridgehead atoms. The Bertz CT molecular complexity index is 550. The van der Waals surface area contributed by atoms with E-state index in [1.54, 1.807) is 6.92 Å². The number of H-pyrrole nitrogens is 1. The molecule has 5 heteroatoms. The van der Waals surface area contributed by atoms with Crippen LogP contribution in [0, 0.1) is 6.92 Å². The standard InChI is InChI=1S/C12H14N4O/c1-8(10-6-4-3-5-7-10)13-12-14-11(17)9(2)15-16-12/h3-8H,1-2H3,(H2,13,14,16,17). The summed E-state index contributed by atoms with van der Waals surface area (Å²) in [6.45, 7) is 3.62. The van der Waals surface area contributed by atoms with Gasteiger partial charge in [0.2, 0.25) is 5.95 Å². The number of anilines is 1. The molecule has 1 aromatic carbocycles. The third-order valence-corrected chi connectivity index (χ3v) is 2.51. The molecule has 0 saturated carbocycles. The van der Waals surface area contributed by atoms with Crippen LogP contribution in [0.3, 0.4) is 0 Å². The maximum Gasteiger partial charge on any atom is 0.273 e. The van der Waals surface area contributed by atoms with Gasteiger partial charge in [0, 0.05) is 0 Å². The first-order valence-electron chi connectivity index (χ1n) is 5.42. The van der Waals surface area contributed by atoms with Gasteiger partial charge in [-0.25, -0.2) is 0 Å². The van der Waals surface area contributed by atoms with E-state index >= 15 is 0 Å². The summed E-state index contributed by atoms with van der Waals surface area (Å²) in [5.74, 6) is 0.386. The third-order valence-electron chi connectivity index (χ3n) is 2.51. The summed E-state index contributed by atoms with van der Waals surface area (Å²) < 4.78 is 0. The molecule has 0 spiro atoms. The summed E-state index contributed by atoms with van der Waals surface area (Å²) in [4.78, 5) is 14.0. The Labute approximate surface area is 98.9 Å². The highest BCUT2D eigenvalue weighted by atomic mass is 16.1. The molecule has 0 radical (unpaired) electrons. The number of hydrogen-bond acceptors (Lipinski definition) is 4. The number of benzene rings is 1. The first kappa shape index (κ1) is 11.3. The molecular formula is C12H14N4O. The van der Waals surface area contributed by atoms with Crippen molar-refractivity contribution in [1.29, 1.82) is 0 Å². The van der Waals surface area contributed by atoms with Gasteiger partial charge in [0.05, 0.1) is 6.04 Å². The van der Waals surface area contributed by atoms with Crippen LogP contribution in [0.25, 0.3) is 0 Å². The first-order valence-corrected chi connectivity index (χ1v) is 5.42. The fourth-order valence-electron chi connectivity index (χ4n) is 1.49. The average Bonchev–Trinajstić information content (AvgIpc) is 2.35. The van der Waals surface area contributed by atoms with Crippen LogP contribution < -0.4 is 10.9 Å². The van der Waals surface area contributed by atoms with Crippen molar-refractivity contribution < 1.29 is 0 Å². The monoisotopic (exact) mass is 230 g/mol. The van der Waals surface area contributed by atoms with Crippen molar-refractivity contribution in [2.75, 3.05) is 5.32 Å². The second-order valence-corrected chi connectivity index (χ2v) is 3.86. The number of nitrogens with zero attached hydrogens (tertiary/aromatic N) is 2. The molecule has 88 valence electrons. The van der Waals surface area contributed by atoms with Crippen molar-refractivity contribution in [3.63, 3.8) is 0 Å². The Balaban J connectivity index is 2.16. The van der Waals surface area contributed by atoms with E-state index in [2.05, 4.69) is 20.5 Å². The van der Waals surface area contributed by atoms with Crippen molar-refractivity contribution in [2.45, 2.75) is 19.9 Å². The molecule has 1 aromatic heterocycles. The van der Waals surface area contributed by atoms with Gasteiger partial charge in [-0.2, -0.15) is 0 Å². The molecule has 2 aromatic rings. The minimum Gasteiger partial charge on any atom is -0.348 e. The zero-order chi connectivity index (χ0) is 12.3. The molecule has 1 atom stereocenters. The quantitative estimate of drug-likeness (QED) is 0.841. The lowest BCUT2D eigenvalue weighted by Crippen LogP contribution is -2.18. The van der Waals surface area contributed by atoms with Gasteiger partial charge in [0.1, 0.15) is 5.69 Å². The van der Waals surface area contributed by atoms with E-state index in [9.17, 15) is 4.79 Å². The SMILES string of the molecule is Cc1nnc(NC(C)c2ccccc2)[nH]c1=O. The molecule has 2 N–H and O–H groups in total. The second kappa shape index (κ2) is 4.78. The van der Waals surface area contributed by atoms with Gasteiger partial charge in [-0.3, -0.25) is 9.78 Å². The van der Waals surface area contributed by atoms with Crippen molar-refractivity contribution in [3.05, 3.63) is 51.9 Å². The van der Waals surface area contributed by atoms with Crippen LogP contribution in [-0.4, -0.2) is 15.2 Å². The molecule has 1 unspecified atom stereocenters. The molecule has 1 heterocycles. The summed E-state index contributed by atoms with van der Waals surface area (Å²) in [6, 6.07) is 9.98. The zero-order valence-corrected chi connectivity index (χ0v) is 9.77. The number of aromatic amines is 1. The van der Waals surface area contributed by atoms with Gasteiger partial charge >= 0.3 is 0 Å². The van der Waals surface area contributed by atoms with Crippen molar-refractivity contribution in [2.24, 2.45) is 0 Å². The molecule has 17 heavy (non-hydrogen) atoms. The summed E-state index contributed by atoms with van der Waals surface area (Å²) in [5, 5.41) is 10.8. The van der Waals surface area contributed by atoms with Gasteiger partial charge in [-0.1, -0.05) is 30.3 Å².